The predicted octanol–water partition coefficient (Wildman–Crippen LogP) is 3.68. The van der Waals surface area contributed by atoms with E-state index in [2.05, 4.69) is 34.0 Å². The summed E-state index contributed by atoms with van der Waals surface area (Å²) in [5, 5.41) is 3.32. The van der Waals surface area contributed by atoms with Gasteiger partial charge in [-0.3, -0.25) is 14.8 Å². The number of esters is 1. The van der Waals surface area contributed by atoms with E-state index < -0.39 is 0 Å². The zero-order valence-electron chi connectivity index (χ0n) is 15.9. The molecule has 1 aromatic heterocycles. The van der Waals surface area contributed by atoms with Crippen molar-refractivity contribution in [2.45, 2.75) is 57.8 Å². The molecule has 1 N–H and O–H groups in total. The van der Waals surface area contributed by atoms with Crippen LogP contribution in [-0.2, 0) is 16.2 Å². The van der Waals surface area contributed by atoms with Crippen molar-refractivity contribution < 1.29 is 9.53 Å². The number of nitrogens with one attached hydrogen (secondary N) is 1. The van der Waals surface area contributed by atoms with Gasteiger partial charge in [-0.2, -0.15) is 4.98 Å². The molecular formula is C20H26N4O2S. The number of aromatic nitrogens is 3. The maximum absolute atomic E-state index is 12.4. The summed E-state index contributed by atoms with van der Waals surface area (Å²) in [6.45, 7) is 2.60. The highest BCUT2D eigenvalue weighted by molar-refractivity contribution is 7.71. The molecule has 0 bridgehead atoms. The number of H-pyrrole nitrogens is 1. The summed E-state index contributed by atoms with van der Waals surface area (Å²) in [6, 6.07) is 8.42. The second-order valence-corrected chi connectivity index (χ2v) is 8.06. The highest BCUT2D eigenvalue weighted by Gasteiger charge is 2.45. The lowest BCUT2D eigenvalue weighted by atomic mass is 9.85. The lowest BCUT2D eigenvalue weighted by Gasteiger charge is -2.33. The smallest absolute Gasteiger partial charge is 0.323 e. The van der Waals surface area contributed by atoms with Crippen LogP contribution in [0.2, 0.25) is 0 Å². The number of nitrogens with zero attached hydrogens (tertiary/aromatic N) is 3. The van der Waals surface area contributed by atoms with Crippen molar-refractivity contribution >= 4 is 18.2 Å². The summed E-state index contributed by atoms with van der Waals surface area (Å²) in [5.41, 5.74) is 2.21. The van der Waals surface area contributed by atoms with Gasteiger partial charge in [-0.25, -0.2) is 4.68 Å². The molecule has 6 nitrogen and oxygen atoms in total. The standard InChI is InChI=1S/C20H26N4O2S/c1-13-7-9-14(10-8-13)18-21-20(27)24(22-18)12-23-16-6-4-3-5-15(16)11-17(23)19(25)26-2/h7-10,15-17H,3-6,11-12H2,1-2H3,(H,21,22,27)/t15-,16+,17-/m0/s1. The van der Waals surface area contributed by atoms with E-state index in [1.54, 1.807) is 0 Å². The molecule has 1 aliphatic carbocycles. The third-order valence-electron chi connectivity index (χ3n) is 6.00. The average Bonchev–Trinajstić information content (AvgIpc) is 3.23. The Bertz CT molecular complexity index is 873. The Labute approximate surface area is 164 Å². The number of benzene rings is 1. The molecule has 27 heavy (non-hydrogen) atoms. The van der Waals surface area contributed by atoms with Gasteiger partial charge < -0.3 is 4.74 Å². The summed E-state index contributed by atoms with van der Waals surface area (Å²) < 4.78 is 7.46. The summed E-state index contributed by atoms with van der Waals surface area (Å²) in [6.07, 6.45) is 5.67. The Balaban J connectivity index is 1.60. The van der Waals surface area contributed by atoms with Gasteiger partial charge in [-0.05, 0) is 44.3 Å². The maximum atomic E-state index is 12.4. The van der Waals surface area contributed by atoms with Gasteiger partial charge in [0.2, 0.25) is 4.77 Å². The van der Waals surface area contributed by atoms with E-state index in [-0.39, 0.29) is 12.0 Å². The fourth-order valence-electron chi connectivity index (χ4n) is 4.58. The zero-order valence-corrected chi connectivity index (χ0v) is 16.7. The Kier molecular flexibility index (Phi) is 5.14. The molecule has 2 aliphatic rings. The summed E-state index contributed by atoms with van der Waals surface area (Å²) >= 11 is 5.49. The van der Waals surface area contributed by atoms with Crippen molar-refractivity contribution in [1.29, 1.82) is 0 Å². The van der Waals surface area contributed by atoms with Crippen LogP contribution in [0.15, 0.2) is 24.3 Å². The van der Waals surface area contributed by atoms with Gasteiger partial charge in [-0.15, -0.1) is 0 Å². The molecule has 1 aromatic carbocycles. The monoisotopic (exact) mass is 386 g/mol. The Morgan fingerprint density at radius 3 is 2.78 bits per heavy atom. The maximum Gasteiger partial charge on any atom is 0.323 e. The van der Waals surface area contributed by atoms with E-state index in [1.807, 2.05) is 16.8 Å². The normalized spacial score (nSPS) is 25.3. The van der Waals surface area contributed by atoms with Gasteiger partial charge in [0.05, 0.1) is 13.8 Å². The number of hydrogen-bond donors (Lipinski definition) is 1. The molecule has 0 radical (unpaired) electrons. The Hall–Kier alpha value is -1.99. The molecule has 144 valence electrons. The quantitative estimate of drug-likeness (QED) is 0.641. The van der Waals surface area contributed by atoms with Crippen LogP contribution in [0.1, 0.15) is 37.7 Å². The third kappa shape index (κ3) is 3.58. The number of carbonyl (C=O) groups excluding carboxylic acids is 1. The molecule has 7 heteroatoms. The van der Waals surface area contributed by atoms with E-state index in [4.69, 9.17) is 17.0 Å². The van der Waals surface area contributed by atoms with Crippen LogP contribution in [0.4, 0.5) is 0 Å². The van der Waals surface area contributed by atoms with Crippen molar-refractivity contribution in [3.05, 3.63) is 34.6 Å². The van der Waals surface area contributed by atoms with Crippen molar-refractivity contribution in [3.63, 3.8) is 0 Å². The molecule has 1 saturated heterocycles. The van der Waals surface area contributed by atoms with Gasteiger partial charge in [0.15, 0.2) is 5.82 Å². The van der Waals surface area contributed by atoms with Crippen molar-refractivity contribution in [1.82, 2.24) is 19.7 Å². The van der Waals surface area contributed by atoms with E-state index in [0.717, 1.165) is 24.2 Å². The summed E-state index contributed by atoms with van der Waals surface area (Å²) in [7, 11) is 1.47. The van der Waals surface area contributed by atoms with Gasteiger partial charge in [-0.1, -0.05) is 42.7 Å². The van der Waals surface area contributed by atoms with E-state index in [9.17, 15) is 4.79 Å². The van der Waals surface area contributed by atoms with E-state index in [1.165, 1.54) is 31.9 Å². The first-order valence-corrected chi connectivity index (χ1v) is 10.0. The van der Waals surface area contributed by atoms with Crippen molar-refractivity contribution in [2.75, 3.05) is 7.11 Å². The minimum atomic E-state index is -0.198. The van der Waals surface area contributed by atoms with Gasteiger partial charge >= 0.3 is 5.97 Å². The number of likely N-dealkylation sites (tertiary alicyclic amines) is 1. The molecule has 2 fully saturated rings. The van der Waals surface area contributed by atoms with Crippen molar-refractivity contribution in [3.8, 4) is 11.4 Å². The molecule has 4 rings (SSSR count). The zero-order chi connectivity index (χ0) is 19.0. The molecule has 1 aliphatic heterocycles. The molecule has 0 spiro atoms. The fourth-order valence-corrected chi connectivity index (χ4v) is 4.78. The van der Waals surface area contributed by atoms with Crippen LogP contribution in [0, 0.1) is 17.6 Å². The first-order chi connectivity index (χ1) is 13.1. The molecule has 0 amide bonds. The first kappa shape index (κ1) is 18.4. The lowest BCUT2D eigenvalue weighted by molar-refractivity contribution is -0.147. The largest absolute Gasteiger partial charge is 0.468 e. The minimum absolute atomic E-state index is 0.144. The molecule has 0 unspecified atom stereocenters. The number of rotatable bonds is 4. The molecule has 1 saturated carbocycles. The minimum Gasteiger partial charge on any atom is -0.468 e. The highest BCUT2D eigenvalue weighted by atomic mass is 32.1. The molecule has 3 atom stereocenters. The van der Waals surface area contributed by atoms with Crippen LogP contribution in [0.5, 0.6) is 0 Å². The van der Waals surface area contributed by atoms with Crippen LogP contribution >= 0.6 is 12.2 Å². The summed E-state index contributed by atoms with van der Waals surface area (Å²) in [4.78, 5) is 19.2. The molecular weight excluding hydrogens is 360 g/mol. The molecule has 2 aromatic rings. The SMILES string of the molecule is COC(=O)[C@@H]1C[C@@H]2CCCC[C@H]2N1Cn1[nH]c(-c2ccc(C)cc2)nc1=S. The van der Waals surface area contributed by atoms with Crippen LogP contribution in [0.3, 0.4) is 0 Å². The second kappa shape index (κ2) is 7.56. The predicted molar refractivity (Wildman–Crippen MR) is 106 cm³/mol. The fraction of sp³-hybridized carbons (Fsp3) is 0.550. The number of ether oxygens (including phenoxy) is 1. The summed E-state index contributed by atoms with van der Waals surface area (Å²) in [5.74, 6) is 1.18. The Morgan fingerprint density at radius 2 is 2.04 bits per heavy atom. The van der Waals surface area contributed by atoms with E-state index in [0.29, 0.717) is 23.4 Å². The first-order valence-electron chi connectivity index (χ1n) is 9.64. The number of methoxy groups -OCH3 is 1. The number of carbonyl (C=O) groups is 1. The highest BCUT2D eigenvalue weighted by Crippen LogP contribution is 2.40. The number of aryl methyl sites for hydroxylation is 1. The average molecular weight is 387 g/mol. The second-order valence-electron chi connectivity index (χ2n) is 7.69. The third-order valence-corrected chi connectivity index (χ3v) is 6.32. The number of hydrogen-bond acceptors (Lipinski definition) is 5. The number of fused-ring (bicyclic) bond motifs is 1. The van der Waals surface area contributed by atoms with Crippen LogP contribution in [-0.4, -0.2) is 44.8 Å². The van der Waals surface area contributed by atoms with Crippen LogP contribution < -0.4 is 0 Å². The molecule has 2 heterocycles. The lowest BCUT2D eigenvalue weighted by Crippen LogP contribution is -2.43. The van der Waals surface area contributed by atoms with Gasteiger partial charge in [0.1, 0.15) is 6.04 Å². The van der Waals surface area contributed by atoms with Crippen LogP contribution in [0.25, 0.3) is 11.4 Å². The van der Waals surface area contributed by atoms with Gasteiger partial charge in [0.25, 0.3) is 0 Å². The Morgan fingerprint density at radius 1 is 1.30 bits per heavy atom. The van der Waals surface area contributed by atoms with Crippen molar-refractivity contribution in [2.24, 2.45) is 5.92 Å². The topological polar surface area (TPSA) is 63.1 Å². The van der Waals surface area contributed by atoms with E-state index >= 15 is 0 Å². The van der Waals surface area contributed by atoms with Gasteiger partial charge in [0, 0.05) is 11.6 Å². The number of aromatic amines is 1.